The van der Waals surface area contributed by atoms with E-state index >= 15 is 0 Å². The lowest BCUT2D eigenvalue weighted by atomic mass is 9.70. The van der Waals surface area contributed by atoms with E-state index in [2.05, 4.69) is 29.1 Å². The number of aliphatic hydroxyl groups is 1. The lowest BCUT2D eigenvalue weighted by Gasteiger charge is -2.40. The van der Waals surface area contributed by atoms with E-state index in [-0.39, 0.29) is 48.2 Å². The predicted molar refractivity (Wildman–Crippen MR) is 176 cm³/mol. The van der Waals surface area contributed by atoms with E-state index in [0.717, 1.165) is 16.8 Å². The average molecular weight is 665 g/mol. The van der Waals surface area contributed by atoms with Gasteiger partial charge in [-0.3, -0.25) is 14.4 Å². The van der Waals surface area contributed by atoms with E-state index in [1.54, 1.807) is 26.9 Å². The Morgan fingerprint density at radius 2 is 1.75 bits per heavy atom. The first-order valence-corrected chi connectivity index (χ1v) is 16.2. The first-order valence-electron chi connectivity index (χ1n) is 15.2. The topological polar surface area (TPSA) is 90.4 Å². The molecule has 3 amide bonds. The zero-order valence-electron chi connectivity index (χ0n) is 25.9. The smallest absolute Gasteiger partial charge is 0.253 e. The van der Waals surface area contributed by atoms with E-state index in [9.17, 15) is 19.5 Å². The van der Waals surface area contributed by atoms with Gasteiger partial charge in [0.2, 0.25) is 11.8 Å². The third-order valence-electron chi connectivity index (χ3n) is 9.44. The van der Waals surface area contributed by atoms with Crippen LogP contribution in [0.15, 0.2) is 73.8 Å². The van der Waals surface area contributed by atoms with Crippen LogP contribution in [-0.2, 0) is 19.1 Å². The van der Waals surface area contributed by atoms with Crippen LogP contribution in [0.5, 0.6) is 0 Å². The number of likely N-dealkylation sites (tertiary alicyclic amines) is 1. The van der Waals surface area contributed by atoms with Crippen LogP contribution in [0.2, 0.25) is 0 Å². The van der Waals surface area contributed by atoms with Gasteiger partial charge in [0.15, 0.2) is 0 Å². The Morgan fingerprint density at radius 1 is 1.09 bits per heavy atom. The van der Waals surface area contributed by atoms with Gasteiger partial charge in [0.25, 0.3) is 5.91 Å². The van der Waals surface area contributed by atoms with Crippen LogP contribution in [0.25, 0.3) is 0 Å². The van der Waals surface area contributed by atoms with Crippen molar-refractivity contribution in [1.29, 1.82) is 0 Å². The molecule has 1 spiro atoms. The molecule has 8 nitrogen and oxygen atoms in total. The van der Waals surface area contributed by atoms with Gasteiger partial charge >= 0.3 is 0 Å². The number of carbonyl (C=O) groups is 3. The standard InChI is InChI=1S/C35H42BrN3O5/c1-7-16-37(24-12-10-9-11-13-24)32(41)28-29-33(42)39(27(20-40)21(3)4)31(35(29)19-25(36)30(28)44-35)34(43)38(17-8-2)26-18-22(5)14-15-23(26)6/h7-15,18,21,25,27-31,40H,1-2,16-17,19-20H2,3-6H3/t25?,27-,28+,29-,30+,31?,35?/m0/s1. The summed E-state index contributed by atoms with van der Waals surface area (Å²) in [5.41, 5.74) is 2.06. The molecule has 9 heteroatoms. The van der Waals surface area contributed by atoms with Gasteiger partial charge in [0.05, 0.1) is 30.6 Å². The molecule has 0 saturated carbocycles. The number of aliphatic hydroxyl groups excluding tert-OH is 1. The Bertz CT molecular complexity index is 1450. The van der Waals surface area contributed by atoms with Crippen LogP contribution in [0.1, 0.15) is 31.4 Å². The maximum Gasteiger partial charge on any atom is 0.253 e. The lowest BCUT2D eigenvalue weighted by Crippen LogP contribution is -2.60. The fourth-order valence-electron chi connectivity index (χ4n) is 7.44. The Hall–Kier alpha value is -3.27. The molecular weight excluding hydrogens is 622 g/mol. The summed E-state index contributed by atoms with van der Waals surface area (Å²) < 4.78 is 6.78. The summed E-state index contributed by atoms with van der Waals surface area (Å²) in [6.07, 6.45) is 3.10. The summed E-state index contributed by atoms with van der Waals surface area (Å²) in [5.74, 6) is -2.77. The van der Waals surface area contributed by atoms with Crippen molar-refractivity contribution in [3.05, 3.63) is 85.0 Å². The Morgan fingerprint density at radius 3 is 2.36 bits per heavy atom. The molecule has 3 aliphatic heterocycles. The number of amides is 3. The van der Waals surface area contributed by atoms with Crippen LogP contribution in [-0.4, -0.2) is 76.0 Å². The third-order valence-corrected chi connectivity index (χ3v) is 10.3. The first kappa shape index (κ1) is 32.1. The van der Waals surface area contributed by atoms with E-state index < -0.39 is 35.6 Å². The summed E-state index contributed by atoms with van der Waals surface area (Å²) in [7, 11) is 0. The normalized spacial score (nSPS) is 27.8. The molecule has 234 valence electrons. The van der Waals surface area contributed by atoms with Crippen molar-refractivity contribution in [2.24, 2.45) is 17.8 Å². The molecule has 7 atom stereocenters. The van der Waals surface area contributed by atoms with E-state index in [4.69, 9.17) is 4.74 Å². The fourth-order valence-corrected chi connectivity index (χ4v) is 8.38. The largest absolute Gasteiger partial charge is 0.394 e. The summed E-state index contributed by atoms with van der Waals surface area (Å²) in [4.78, 5) is 48.8. The number of fused-ring (bicyclic) bond motifs is 1. The predicted octanol–water partition coefficient (Wildman–Crippen LogP) is 4.81. The number of para-hydroxylation sites is 1. The van der Waals surface area contributed by atoms with Gasteiger partial charge in [0, 0.05) is 29.3 Å². The molecule has 3 heterocycles. The van der Waals surface area contributed by atoms with Crippen molar-refractivity contribution in [2.75, 3.05) is 29.5 Å². The minimum absolute atomic E-state index is 0.157. The summed E-state index contributed by atoms with van der Waals surface area (Å²) in [6, 6.07) is 13.5. The quantitative estimate of drug-likeness (QED) is 0.275. The molecule has 44 heavy (non-hydrogen) atoms. The second-order valence-electron chi connectivity index (χ2n) is 12.5. The minimum atomic E-state index is -1.26. The number of carbonyl (C=O) groups excluding carboxylic acids is 3. The van der Waals surface area contributed by atoms with Crippen molar-refractivity contribution in [2.45, 2.75) is 62.7 Å². The molecule has 3 aliphatic rings. The summed E-state index contributed by atoms with van der Waals surface area (Å²) >= 11 is 3.78. The highest BCUT2D eigenvalue weighted by Crippen LogP contribution is 2.61. The Labute approximate surface area is 268 Å². The molecule has 0 aliphatic carbocycles. The van der Waals surface area contributed by atoms with Gasteiger partial charge < -0.3 is 24.5 Å². The van der Waals surface area contributed by atoms with Crippen molar-refractivity contribution in [3.63, 3.8) is 0 Å². The zero-order valence-corrected chi connectivity index (χ0v) is 27.4. The van der Waals surface area contributed by atoms with Gasteiger partial charge in [-0.2, -0.15) is 0 Å². The third kappa shape index (κ3) is 5.12. The number of anilines is 2. The minimum Gasteiger partial charge on any atom is -0.394 e. The second kappa shape index (κ2) is 12.6. The molecular formula is C35H42BrN3O5. The van der Waals surface area contributed by atoms with E-state index in [1.807, 2.05) is 76.2 Å². The monoisotopic (exact) mass is 663 g/mol. The highest BCUT2D eigenvalue weighted by Gasteiger charge is 2.77. The highest BCUT2D eigenvalue weighted by molar-refractivity contribution is 9.09. The number of alkyl halides is 1. The van der Waals surface area contributed by atoms with Crippen LogP contribution >= 0.6 is 15.9 Å². The van der Waals surface area contributed by atoms with Crippen LogP contribution < -0.4 is 9.80 Å². The van der Waals surface area contributed by atoms with Crippen LogP contribution in [0.3, 0.4) is 0 Å². The van der Waals surface area contributed by atoms with Gasteiger partial charge in [-0.05, 0) is 55.5 Å². The Kier molecular flexibility index (Phi) is 9.21. The number of hydrogen-bond donors (Lipinski definition) is 1. The van der Waals surface area contributed by atoms with Gasteiger partial charge in [-0.25, -0.2) is 0 Å². The van der Waals surface area contributed by atoms with E-state index in [1.165, 1.54) is 0 Å². The maximum absolute atomic E-state index is 15.0. The van der Waals surface area contributed by atoms with Crippen molar-refractivity contribution >= 4 is 45.0 Å². The van der Waals surface area contributed by atoms with Crippen molar-refractivity contribution in [3.8, 4) is 0 Å². The number of benzene rings is 2. The summed E-state index contributed by atoms with van der Waals surface area (Å²) in [5, 5.41) is 10.6. The number of aryl methyl sites for hydroxylation is 2. The average Bonchev–Trinajstić information content (AvgIpc) is 3.59. The molecule has 1 N–H and O–H groups in total. The molecule has 3 saturated heterocycles. The molecule has 0 radical (unpaired) electrons. The van der Waals surface area contributed by atoms with E-state index in [0.29, 0.717) is 12.1 Å². The molecule has 2 bridgehead atoms. The molecule has 0 aromatic heterocycles. The molecule has 2 aromatic rings. The van der Waals surface area contributed by atoms with Gasteiger partial charge in [0.1, 0.15) is 11.6 Å². The number of halogens is 1. The summed E-state index contributed by atoms with van der Waals surface area (Å²) in [6.45, 7) is 15.7. The maximum atomic E-state index is 15.0. The van der Waals surface area contributed by atoms with Gasteiger partial charge in [-0.1, -0.05) is 72.3 Å². The number of nitrogens with zero attached hydrogens (tertiary/aromatic N) is 3. The fraction of sp³-hybridized carbons (Fsp3) is 0.457. The molecule has 3 fully saturated rings. The van der Waals surface area contributed by atoms with Crippen LogP contribution in [0.4, 0.5) is 11.4 Å². The molecule has 2 aromatic carbocycles. The Balaban J connectivity index is 1.65. The van der Waals surface area contributed by atoms with Crippen molar-refractivity contribution < 1.29 is 24.2 Å². The lowest BCUT2D eigenvalue weighted by molar-refractivity contribution is -0.145. The number of ether oxygens (including phenoxy) is 1. The first-order chi connectivity index (χ1) is 21.0. The van der Waals surface area contributed by atoms with Crippen LogP contribution in [0, 0.1) is 31.6 Å². The van der Waals surface area contributed by atoms with Crippen molar-refractivity contribution in [1.82, 2.24) is 4.90 Å². The molecule has 3 unspecified atom stereocenters. The SMILES string of the molecule is C=CCN(C(=O)[C@H]1[C@@H]2OC3(CC2Br)C(C(=O)N(CC=C)c2cc(C)ccc2C)N([C@@H](CO)C(C)C)C(=O)[C@H]13)c1ccccc1. The number of hydrogen-bond acceptors (Lipinski definition) is 5. The number of rotatable bonds is 11. The zero-order chi connectivity index (χ0) is 31.9. The van der Waals surface area contributed by atoms with Gasteiger partial charge in [-0.15, -0.1) is 13.2 Å². The second-order valence-corrected chi connectivity index (χ2v) is 13.7. The molecule has 5 rings (SSSR count). The highest BCUT2D eigenvalue weighted by atomic mass is 79.9.